The van der Waals surface area contributed by atoms with Crippen molar-refractivity contribution in [1.82, 2.24) is 14.5 Å². The molecule has 0 aliphatic heterocycles. The summed E-state index contributed by atoms with van der Waals surface area (Å²) in [7, 11) is -0.702. The lowest BCUT2D eigenvalue weighted by Gasteiger charge is -2.12. The first kappa shape index (κ1) is 22.7. The van der Waals surface area contributed by atoms with E-state index in [1.807, 2.05) is 24.3 Å². The molecule has 0 spiro atoms. The van der Waals surface area contributed by atoms with Gasteiger partial charge in [-0.3, -0.25) is 4.79 Å². The van der Waals surface area contributed by atoms with E-state index in [0.29, 0.717) is 15.7 Å². The summed E-state index contributed by atoms with van der Waals surface area (Å²) in [5, 5.41) is 12.3. The molecule has 0 aliphatic rings. The zero-order chi connectivity index (χ0) is 21.7. The Morgan fingerprint density at radius 2 is 1.90 bits per heavy atom. The van der Waals surface area contributed by atoms with Gasteiger partial charge in [0.2, 0.25) is 15.2 Å². The summed E-state index contributed by atoms with van der Waals surface area (Å²) >= 11 is 8.78. The number of rotatable bonds is 9. The fourth-order valence-corrected chi connectivity index (χ4v) is 5.14. The van der Waals surface area contributed by atoms with Crippen molar-refractivity contribution in [3.63, 3.8) is 0 Å². The summed E-state index contributed by atoms with van der Waals surface area (Å²) < 4.78 is 26.4. The number of carbonyl (C=O) groups is 1. The Labute approximate surface area is 188 Å². The van der Waals surface area contributed by atoms with Crippen molar-refractivity contribution in [3.8, 4) is 0 Å². The molecule has 0 unspecified atom stereocenters. The molecule has 3 aromatic rings. The van der Waals surface area contributed by atoms with Gasteiger partial charge >= 0.3 is 0 Å². The van der Waals surface area contributed by atoms with Crippen LogP contribution in [0.2, 0.25) is 5.02 Å². The molecular formula is C19H19ClN4O3S3. The Hall–Kier alpha value is -1.98. The summed E-state index contributed by atoms with van der Waals surface area (Å²) in [5.74, 6) is 0.495. The highest BCUT2D eigenvalue weighted by Crippen LogP contribution is 2.28. The number of ketones is 1. The molecule has 1 N–H and O–H groups in total. The van der Waals surface area contributed by atoms with Crippen LogP contribution in [0.3, 0.4) is 0 Å². The van der Waals surface area contributed by atoms with E-state index in [4.69, 9.17) is 11.6 Å². The summed E-state index contributed by atoms with van der Waals surface area (Å²) in [6.45, 7) is -0.0120. The van der Waals surface area contributed by atoms with Crippen LogP contribution in [-0.2, 0) is 15.8 Å². The molecule has 0 saturated carbocycles. The van der Waals surface area contributed by atoms with Crippen LogP contribution in [0.5, 0.6) is 0 Å². The normalized spacial score (nSPS) is 11.6. The number of thioether (sulfide) groups is 1. The molecule has 0 atom stereocenters. The lowest BCUT2D eigenvalue weighted by molar-refractivity contribution is 0.101. The van der Waals surface area contributed by atoms with Gasteiger partial charge in [-0.05, 0) is 29.8 Å². The van der Waals surface area contributed by atoms with Crippen LogP contribution in [0.15, 0.2) is 57.8 Å². The molecular weight excluding hydrogens is 464 g/mol. The second-order valence-corrected chi connectivity index (χ2v) is 11.2. The van der Waals surface area contributed by atoms with Crippen LogP contribution in [0.1, 0.15) is 15.9 Å². The monoisotopic (exact) mass is 482 g/mol. The number of sulfonamides is 1. The molecule has 1 aromatic heterocycles. The average molecular weight is 483 g/mol. The Morgan fingerprint density at radius 1 is 1.17 bits per heavy atom. The van der Waals surface area contributed by atoms with Gasteiger partial charge in [-0.25, -0.2) is 12.7 Å². The molecule has 158 valence electrons. The standard InChI is InChI=1S/C19H19ClN4O3S3/c1-24(2)30(26,27)16-5-3-4-14(10-16)17(25)11-21-18-22-23-19(29-18)28-12-13-6-8-15(20)9-7-13/h3-10H,11-12H2,1-2H3,(H,21,22). The molecule has 0 amide bonds. The smallest absolute Gasteiger partial charge is 0.242 e. The molecule has 0 bridgehead atoms. The summed E-state index contributed by atoms with van der Waals surface area (Å²) in [6.07, 6.45) is 0. The van der Waals surface area contributed by atoms with Crippen molar-refractivity contribution in [2.45, 2.75) is 15.0 Å². The summed E-state index contributed by atoms with van der Waals surface area (Å²) in [4.78, 5) is 12.6. The van der Waals surface area contributed by atoms with Gasteiger partial charge < -0.3 is 5.32 Å². The number of nitrogens with zero attached hydrogens (tertiary/aromatic N) is 3. The van der Waals surface area contributed by atoms with E-state index in [2.05, 4.69) is 15.5 Å². The largest absolute Gasteiger partial charge is 0.353 e. The van der Waals surface area contributed by atoms with Gasteiger partial charge in [-0.2, -0.15) is 0 Å². The van der Waals surface area contributed by atoms with Crippen LogP contribution >= 0.6 is 34.7 Å². The van der Waals surface area contributed by atoms with Crippen molar-refractivity contribution in [2.24, 2.45) is 0 Å². The first-order chi connectivity index (χ1) is 14.3. The van der Waals surface area contributed by atoms with E-state index >= 15 is 0 Å². The zero-order valence-corrected chi connectivity index (χ0v) is 19.4. The van der Waals surface area contributed by atoms with Crippen LogP contribution < -0.4 is 5.32 Å². The van der Waals surface area contributed by atoms with E-state index in [1.54, 1.807) is 23.9 Å². The first-order valence-electron chi connectivity index (χ1n) is 8.76. The molecule has 11 heteroatoms. The SMILES string of the molecule is CN(C)S(=O)(=O)c1cccc(C(=O)CNc2nnc(SCc3ccc(Cl)cc3)s2)c1. The van der Waals surface area contributed by atoms with E-state index in [0.717, 1.165) is 20.0 Å². The molecule has 0 fully saturated rings. The summed E-state index contributed by atoms with van der Waals surface area (Å²) in [6, 6.07) is 13.6. The van der Waals surface area contributed by atoms with Crippen LogP contribution in [0, 0.1) is 0 Å². The van der Waals surface area contributed by atoms with Gasteiger partial charge in [0, 0.05) is 30.4 Å². The number of hydrogen-bond donors (Lipinski definition) is 1. The predicted molar refractivity (Wildman–Crippen MR) is 121 cm³/mol. The second kappa shape index (κ2) is 9.88. The van der Waals surface area contributed by atoms with Gasteiger partial charge in [-0.1, -0.05) is 59.0 Å². The maximum Gasteiger partial charge on any atom is 0.242 e. The lowest BCUT2D eigenvalue weighted by Crippen LogP contribution is -2.22. The molecule has 0 radical (unpaired) electrons. The number of carbonyl (C=O) groups excluding carboxylic acids is 1. The van der Waals surface area contributed by atoms with Crippen molar-refractivity contribution in [1.29, 1.82) is 0 Å². The van der Waals surface area contributed by atoms with Crippen molar-refractivity contribution in [2.75, 3.05) is 26.0 Å². The third-order valence-corrected chi connectivity index (χ3v) is 8.17. The minimum atomic E-state index is -3.60. The van der Waals surface area contributed by atoms with Crippen molar-refractivity contribution >= 4 is 55.6 Å². The zero-order valence-electron chi connectivity index (χ0n) is 16.2. The fourth-order valence-electron chi connectivity index (χ4n) is 2.36. The van der Waals surface area contributed by atoms with E-state index in [1.165, 1.54) is 37.6 Å². The highest BCUT2D eigenvalue weighted by Gasteiger charge is 2.19. The third-order valence-electron chi connectivity index (χ3n) is 4.02. The van der Waals surface area contributed by atoms with Gasteiger partial charge in [0.05, 0.1) is 11.4 Å². The molecule has 2 aromatic carbocycles. The maximum atomic E-state index is 12.5. The van der Waals surface area contributed by atoms with E-state index in [9.17, 15) is 13.2 Å². The molecule has 0 saturated heterocycles. The Kier molecular flexibility index (Phi) is 7.48. The van der Waals surface area contributed by atoms with Crippen LogP contribution in [0.25, 0.3) is 0 Å². The van der Waals surface area contributed by atoms with Gasteiger partial charge in [0.1, 0.15) is 0 Å². The van der Waals surface area contributed by atoms with Crippen LogP contribution in [0.4, 0.5) is 5.13 Å². The van der Waals surface area contributed by atoms with E-state index < -0.39 is 10.0 Å². The van der Waals surface area contributed by atoms with Crippen molar-refractivity contribution < 1.29 is 13.2 Å². The number of nitrogens with one attached hydrogen (secondary N) is 1. The Balaban J connectivity index is 1.57. The average Bonchev–Trinajstić information content (AvgIpc) is 3.19. The van der Waals surface area contributed by atoms with Gasteiger partial charge in [0.15, 0.2) is 10.1 Å². The highest BCUT2D eigenvalue weighted by molar-refractivity contribution is 8.00. The fraction of sp³-hybridized carbons (Fsp3) is 0.211. The van der Waals surface area contributed by atoms with Crippen molar-refractivity contribution in [3.05, 3.63) is 64.7 Å². The molecule has 7 nitrogen and oxygen atoms in total. The Morgan fingerprint density at radius 3 is 2.60 bits per heavy atom. The topological polar surface area (TPSA) is 92.3 Å². The maximum absolute atomic E-state index is 12.5. The molecule has 0 aliphatic carbocycles. The van der Waals surface area contributed by atoms with Gasteiger partial charge in [-0.15, -0.1) is 10.2 Å². The predicted octanol–water partition coefficient (Wildman–Crippen LogP) is 4.03. The number of halogens is 1. The molecule has 30 heavy (non-hydrogen) atoms. The number of aromatic nitrogens is 2. The number of anilines is 1. The van der Waals surface area contributed by atoms with Crippen LogP contribution in [-0.4, -0.2) is 49.3 Å². The minimum Gasteiger partial charge on any atom is -0.353 e. The van der Waals surface area contributed by atoms with Gasteiger partial charge in [0.25, 0.3) is 0 Å². The third kappa shape index (κ3) is 5.79. The molecule has 3 rings (SSSR count). The number of Topliss-reactive ketones (excluding diaryl/α,β-unsaturated/α-hetero) is 1. The highest BCUT2D eigenvalue weighted by atomic mass is 35.5. The first-order valence-corrected chi connectivity index (χ1v) is 12.4. The molecule has 1 heterocycles. The number of hydrogen-bond acceptors (Lipinski definition) is 8. The lowest BCUT2D eigenvalue weighted by atomic mass is 10.1. The summed E-state index contributed by atoms with van der Waals surface area (Å²) in [5.41, 5.74) is 1.43. The van der Waals surface area contributed by atoms with E-state index in [-0.39, 0.29) is 17.2 Å². The second-order valence-electron chi connectivity index (χ2n) is 6.38. The Bertz CT molecular complexity index is 1130. The minimum absolute atomic E-state index is 0.0120. The quantitative estimate of drug-likeness (QED) is 0.363. The number of benzene rings is 2.